The van der Waals surface area contributed by atoms with Crippen LogP contribution in [0.2, 0.25) is 0 Å². The minimum absolute atomic E-state index is 0.507. The number of ether oxygens (including phenoxy) is 1. The lowest BCUT2D eigenvalue weighted by molar-refractivity contribution is 0.406. The summed E-state index contributed by atoms with van der Waals surface area (Å²) >= 11 is 0. The fourth-order valence-electron chi connectivity index (χ4n) is 1.89. The summed E-state index contributed by atoms with van der Waals surface area (Å²) in [5.74, 6) is 1.82. The van der Waals surface area contributed by atoms with Crippen LogP contribution in [0.4, 0.5) is 0 Å². The number of nitrogens with one attached hydrogen (secondary N) is 1. The molecule has 1 saturated carbocycles. The van der Waals surface area contributed by atoms with Crippen LogP contribution in [0.3, 0.4) is 0 Å². The number of hydrogen-bond acceptors (Lipinski definition) is 2. The van der Waals surface area contributed by atoms with E-state index >= 15 is 0 Å². The molecule has 0 atom stereocenters. The van der Waals surface area contributed by atoms with Crippen molar-refractivity contribution in [3.05, 3.63) is 29.3 Å². The predicted octanol–water partition coefficient (Wildman–Crippen LogP) is 3.07. The van der Waals surface area contributed by atoms with Gasteiger partial charge in [0.25, 0.3) is 0 Å². The Morgan fingerprint density at radius 1 is 1.38 bits per heavy atom. The summed E-state index contributed by atoms with van der Waals surface area (Å²) in [7, 11) is 1.75. The Balaban J connectivity index is 2.10. The molecule has 2 heteroatoms. The summed E-state index contributed by atoms with van der Waals surface area (Å²) in [4.78, 5) is 0. The van der Waals surface area contributed by atoms with Gasteiger partial charge in [-0.25, -0.2) is 0 Å². The van der Waals surface area contributed by atoms with Crippen molar-refractivity contribution in [1.82, 2.24) is 5.32 Å². The quantitative estimate of drug-likeness (QED) is 0.821. The van der Waals surface area contributed by atoms with E-state index in [9.17, 15) is 0 Å². The van der Waals surface area contributed by atoms with E-state index in [1.54, 1.807) is 7.11 Å². The van der Waals surface area contributed by atoms with Crippen LogP contribution < -0.4 is 10.1 Å². The van der Waals surface area contributed by atoms with Crippen molar-refractivity contribution in [1.29, 1.82) is 0 Å². The van der Waals surface area contributed by atoms with Crippen molar-refractivity contribution in [3.63, 3.8) is 0 Å². The average molecular weight is 219 g/mol. The SMILES string of the molecule is COc1cc(C2CC2)ccc1CNC(C)C. The van der Waals surface area contributed by atoms with Crippen LogP contribution in [0, 0.1) is 0 Å². The summed E-state index contributed by atoms with van der Waals surface area (Å²) in [6.45, 7) is 5.20. The summed E-state index contributed by atoms with van der Waals surface area (Å²) in [5, 5.41) is 3.42. The van der Waals surface area contributed by atoms with Crippen LogP contribution in [0.5, 0.6) is 5.75 Å². The Kier molecular flexibility index (Phi) is 3.49. The van der Waals surface area contributed by atoms with Gasteiger partial charge in [0.1, 0.15) is 5.75 Å². The molecule has 0 unspecified atom stereocenters. The second-order valence-corrected chi connectivity index (χ2v) is 4.88. The zero-order chi connectivity index (χ0) is 11.5. The first kappa shape index (κ1) is 11.5. The zero-order valence-electron chi connectivity index (χ0n) is 10.4. The molecule has 0 saturated heterocycles. The van der Waals surface area contributed by atoms with Crippen LogP contribution in [0.1, 0.15) is 43.7 Å². The highest BCUT2D eigenvalue weighted by atomic mass is 16.5. The monoisotopic (exact) mass is 219 g/mol. The maximum atomic E-state index is 5.46. The topological polar surface area (TPSA) is 21.3 Å². The molecule has 0 heterocycles. The molecule has 1 aliphatic carbocycles. The molecular formula is C14H21NO. The van der Waals surface area contributed by atoms with Gasteiger partial charge >= 0.3 is 0 Å². The number of rotatable bonds is 5. The molecule has 0 amide bonds. The fourth-order valence-corrected chi connectivity index (χ4v) is 1.89. The van der Waals surface area contributed by atoms with Gasteiger partial charge in [-0.15, -0.1) is 0 Å². The maximum absolute atomic E-state index is 5.46. The second-order valence-electron chi connectivity index (χ2n) is 4.88. The number of benzene rings is 1. The van der Waals surface area contributed by atoms with Crippen LogP contribution in [0.25, 0.3) is 0 Å². The zero-order valence-corrected chi connectivity index (χ0v) is 10.4. The van der Waals surface area contributed by atoms with E-state index in [0.717, 1.165) is 18.2 Å². The summed E-state index contributed by atoms with van der Waals surface area (Å²) in [6, 6.07) is 7.15. The maximum Gasteiger partial charge on any atom is 0.123 e. The summed E-state index contributed by atoms with van der Waals surface area (Å²) in [5.41, 5.74) is 2.69. The average Bonchev–Trinajstić information content (AvgIpc) is 3.09. The molecule has 1 fully saturated rings. The van der Waals surface area contributed by atoms with E-state index in [1.165, 1.54) is 24.0 Å². The molecule has 16 heavy (non-hydrogen) atoms. The highest BCUT2D eigenvalue weighted by Gasteiger charge is 2.24. The minimum atomic E-state index is 0.507. The highest BCUT2D eigenvalue weighted by molar-refractivity contribution is 5.40. The standard InChI is InChI=1S/C14H21NO/c1-10(2)15-9-13-7-6-12(11-4-5-11)8-14(13)16-3/h6-8,10-11,15H,4-5,9H2,1-3H3. The van der Waals surface area contributed by atoms with Crippen molar-refractivity contribution < 1.29 is 4.74 Å². The normalized spacial score (nSPS) is 15.5. The fraction of sp³-hybridized carbons (Fsp3) is 0.571. The minimum Gasteiger partial charge on any atom is -0.496 e. The predicted molar refractivity (Wildman–Crippen MR) is 66.9 cm³/mol. The lowest BCUT2D eigenvalue weighted by Crippen LogP contribution is -2.22. The van der Waals surface area contributed by atoms with Crippen molar-refractivity contribution in [3.8, 4) is 5.75 Å². The van der Waals surface area contributed by atoms with Crippen LogP contribution in [-0.2, 0) is 6.54 Å². The third-order valence-electron chi connectivity index (χ3n) is 3.06. The molecule has 1 aliphatic rings. The van der Waals surface area contributed by atoms with E-state index in [-0.39, 0.29) is 0 Å². The van der Waals surface area contributed by atoms with Gasteiger partial charge in [0.05, 0.1) is 7.11 Å². The van der Waals surface area contributed by atoms with Gasteiger partial charge in [-0.05, 0) is 30.4 Å². The van der Waals surface area contributed by atoms with Gasteiger partial charge in [0.15, 0.2) is 0 Å². The van der Waals surface area contributed by atoms with Gasteiger partial charge in [-0.3, -0.25) is 0 Å². The lowest BCUT2D eigenvalue weighted by atomic mass is 10.1. The van der Waals surface area contributed by atoms with Crippen LogP contribution >= 0.6 is 0 Å². The Morgan fingerprint density at radius 2 is 2.12 bits per heavy atom. The molecule has 1 aromatic rings. The van der Waals surface area contributed by atoms with Gasteiger partial charge in [0, 0.05) is 18.2 Å². The molecule has 0 spiro atoms. The van der Waals surface area contributed by atoms with E-state index in [4.69, 9.17) is 4.74 Å². The number of hydrogen-bond donors (Lipinski definition) is 1. The molecule has 2 rings (SSSR count). The van der Waals surface area contributed by atoms with Crippen molar-refractivity contribution in [2.24, 2.45) is 0 Å². The van der Waals surface area contributed by atoms with Gasteiger partial charge in [-0.1, -0.05) is 26.0 Å². The third kappa shape index (κ3) is 2.76. The largest absolute Gasteiger partial charge is 0.496 e. The molecule has 0 aliphatic heterocycles. The van der Waals surface area contributed by atoms with Gasteiger partial charge in [0.2, 0.25) is 0 Å². The van der Waals surface area contributed by atoms with Crippen molar-refractivity contribution in [2.45, 2.75) is 45.2 Å². The van der Waals surface area contributed by atoms with E-state index < -0.39 is 0 Å². The first-order valence-electron chi connectivity index (χ1n) is 6.11. The Bertz CT molecular complexity index is 356. The van der Waals surface area contributed by atoms with Crippen LogP contribution in [-0.4, -0.2) is 13.2 Å². The highest BCUT2D eigenvalue weighted by Crippen LogP contribution is 2.41. The molecule has 1 N–H and O–H groups in total. The number of methoxy groups -OCH3 is 1. The van der Waals surface area contributed by atoms with Crippen LogP contribution in [0.15, 0.2) is 18.2 Å². The molecule has 88 valence electrons. The molecule has 2 nitrogen and oxygen atoms in total. The van der Waals surface area contributed by atoms with E-state index in [2.05, 4.69) is 37.4 Å². The Labute approximate surface area is 98.0 Å². The Morgan fingerprint density at radius 3 is 2.69 bits per heavy atom. The second kappa shape index (κ2) is 4.88. The smallest absolute Gasteiger partial charge is 0.123 e. The van der Waals surface area contributed by atoms with Gasteiger partial charge < -0.3 is 10.1 Å². The van der Waals surface area contributed by atoms with Crippen molar-refractivity contribution >= 4 is 0 Å². The summed E-state index contributed by atoms with van der Waals surface area (Å²) < 4.78 is 5.46. The molecule has 0 bridgehead atoms. The molecule has 0 radical (unpaired) electrons. The van der Waals surface area contributed by atoms with E-state index in [0.29, 0.717) is 6.04 Å². The third-order valence-corrected chi connectivity index (χ3v) is 3.06. The summed E-state index contributed by atoms with van der Waals surface area (Å²) in [6.07, 6.45) is 2.68. The molecule has 1 aromatic carbocycles. The Hall–Kier alpha value is -1.02. The molecule has 0 aromatic heterocycles. The van der Waals surface area contributed by atoms with Crippen molar-refractivity contribution in [2.75, 3.05) is 7.11 Å². The first-order chi connectivity index (χ1) is 7.70. The van der Waals surface area contributed by atoms with E-state index in [1.807, 2.05) is 0 Å². The lowest BCUT2D eigenvalue weighted by Gasteiger charge is -2.13. The first-order valence-corrected chi connectivity index (χ1v) is 6.11. The molecular weight excluding hydrogens is 198 g/mol. The van der Waals surface area contributed by atoms with Gasteiger partial charge in [-0.2, -0.15) is 0 Å².